The van der Waals surface area contributed by atoms with E-state index in [2.05, 4.69) is 21.4 Å². The SMILES string of the molecule is COC(=O)C1(OC)CC=C(c2nc(NC(C)C)cnc2C#N)CC1. The molecule has 1 aromatic rings. The molecule has 0 spiro atoms. The number of nitrogens with zero attached hydrogens (tertiary/aromatic N) is 3. The second kappa shape index (κ2) is 7.41. The van der Waals surface area contributed by atoms with Crippen LogP contribution in [0.5, 0.6) is 0 Å². The fraction of sp³-hybridized carbons (Fsp3) is 0.529. The Hall–Kier alpha value is -2.46. The van der Waals surface area contributed by atoms with Gasteiger partial charge in [-0.15, -0.1) is 0 Å². The molecule has 1 aromatic heterocycles. The van der Waals surface area contributed by atoms with Gasteiger partial charge in [0.2, 0.25) is 0 Å². The third-order valence-electron chi connectivity index (χ3n) is 4.04. The summed E-state index contributed by atoms with van der Waals surface area (Å²) in [5, 5.41) is 12.5. The highest BCUT2D eigenvalue weighted by molar-refractivity contribution is 5.82. The topological polar surface area (TPSA) is 97.1 Å². The van der Waals surface area contributed by atoms with Crippen LogP contribution < -0.4 is 5.32 Å². The van der Waals surface area contributed by atoms with E-state index in [1.807, 2.05) is 19.9 Å². The molecule has 7 nitrogen and oxygen atoms in total. The van der Waals surface area contributed by atoms with Crippen LogP contribution in [0, 0.1) is 11.3 Å². The molecule has 7 heteroatoms. The highest BCUT2D eigenvalue weighted by Crippen LogP contribution is 2.36. The average molecular weight is 330 g/mol. The number of aromatic nitrogens is 2. The van der Waals surface area contributed by atoms with Gasteiger partial charge >= 0.3 is 5.97 Å². The lowest BCUT2D eigenvalue weighted by molar-refractivity contribution is -0.166. The minimum Gasteiger partial charge on any atom is -0.467 e. The fourth-order valence-corrected chi connectivity index (χ4v) is 2.74. The molecule has 1 atom stereocenters. The number of carbonyl (C=O) groups is 1. The molecule has 0 bridgehead atoms. The number of nitriles is 1. The Morgan fingerprint density at radius 1 is 1.46 bits per heavy atom. The van der Waals surface area contributed by atoms with Crippen LogP contribution in [0.25, 0.3) is 5.57 Å². The second-order valence-corrected chi connectivity index (χ2v) is 5.99. The maximum Gasteiger partial charge on any atom is 0.338 e. The molecule has 0 radical (unpaired) electrons. The van der Waals surface area contributed by atoms with E-state index in [4.69, 9.17) is 9.47 Å². The third kappa shape index (κ3) is 3.54. The standard InChI is InChI=1S/C17H22N4O3/c1-11(2)20-14-10-19-13(9-18)15(21-14)12-5-7-17(24-4,8-6-12)16(22)23-3/h5,10-11H,6-8H2,1-4H3,(H,20,21). The first-order valence-electron chi connectivity index (χ1n) is 7.82. The van der Waals surface area contributed by atoms with Gasteiger partial charge in [-0.3, -0.25) is 0 Å². The number of anilines is 1. The van der Waals surface area contributed by atoms with E-state index in [0.29, 0.717) is 30.8 Å². The van der Waals surface area contributed by atoms with Crippen LogP contribution in [0.15, 0.2) is 12.3 Å². The lowest BCUT2D eigenvalue weighted by Crippen LogP contribution is -2.42. The van der Waals surface area contributed by atoms with Crippen LogP contribution in [0.4, 0.5) is 5.82 Å². The third-order valence-corrected chi connectivity index (χ3v) is 4.04. The number of esters is 1. The van der Waals surface area contributed by atoms with Crippen LogP contribution in [-0.2, 0) is 14.3 Å². The van der Waals surface area contributed by atoms with Gasteiger partial charge in [-0.2, -0.15) is 5.26 Å². The summed E-state index contributed by atoms with van der Waals surface area (Å²) < 4.78 is 10.3. The first-order valence-corrected chi connectivity index (χ1v) is 7.82. The van der Waals surface area contributed by atoms with Crippen LogP contribution in [0.2, 0.25) is 0 Å². The maximum atomic E-state index is 12.0. The molecule has 1 heterocycles. The predicted octanol–water partition coefficient (Wildman–Crippen LogP) is 2.29. The summed E-state index contributed by atoms with van der Waals surface area (Å²) in [6.45, 7) is 4.01. The van der Waals surface area contributed by atoms with Crippen molar-refractivity contribution in [3.63, 3.8) is 0 Å². The highest BCUT2D eigenvalue weighted by atomic mass is 16.6. The molecule has 1 aliphatic carbocycles. The van der Waals surface area contributed by atoms with Gasteiger partial charge in [-0.05, 0) is 32.3 Å². The minimum absolute atomic E-state index is 0.209. The van der Waals surface area contributed by atoms with E-state index in [0.717, 1.165) is 5.57 Å². The normalized spacial score (nSPS) is 20.2. The van der Waals surface area contributed by atoms with Gasteiger partial charge in [0.05, 0.1) is 13.3 Å². The molecule has 2 rings (SSSR count). The molecule has 1 N–H and O–H groups in total. The number of hydrogen-bond acceptors (Lipinski definition) is 7. The molecular formula is C17H22N4O3. The van der Waals surface area contributed by atoms with Crippen molar-refractivity contribution in [3.8, 4) is 6.07 Å². The molecule has 0 amide bonds. The summed E-state index contributed by atoms with van der Waals surface area (Å²) in [5.41, 5.74) is 0.756. The molecule has 24 heavy (non-hydrogen) atoms. The van der Waals surface area contributed by atoms with Gasteiger partial charge in [-0.25, -0.2) is 14.8 Å². The van der Waals surface area contributed by atoms with Gasteiger partial charge in [0, 0.05) is 19.6 Å². The van der Waals surface area contributed by atoms with E-state index >= 15 is 0 Å². The molecule has 0 aromatic carbocycles. The van der Waals surface area contributed by atoms with Crippen molar-refractivity contribution in [3.05, 3.63) is 23.7 Å². The van der Waals surface area contributed by atoms with Crippen molar-refractivity contribution < 1.29 is 14.3 Å². The zero-order chi connectivity index (χ0) is 17.7. The number of methoxy groups -OCH3 is 2. The van der Waals surface area contributed by atoms with Gasteiger partial charge in [0.25, 0.3) is 0 Å². The van der Waals surface area contributed by atoms with Gasteiger partial charge in [0.15, 0.2) is 11.3 Å². The highest BCUT2D eigenvalue weighted by Gasteiger charge is 2.41. The monoisotopic (exact) mass is 330 g/mol. The predicted molar refractivity (Wildman–Crippen MR) is 89.1 cm³/mol. The zero-order valence-electron chi connectivity index (χ0n) is 14.4. The molecular weight excluding hydrogens is 308 g/mol. The molecule has 0 aliphatic heterocycles. The van der Waals surface area contributed by atoms with Crippen molar-refractivity contribution in [1.29, 1.82) is 5.26 Å². The number of hydrogen-bond donors (Lipinski definition) is 1. The molecule has 0 saturated carbocycles. The van der Waals surface area contributed by atoms with Crippen LogP contribution in [-0.4, -0.2) is 41.8 Å². The zero-order valence-corrected chi connectivity index (χ0v) is 14.4. The first kappa shape index (κ1) is 17.9. The van der Waals surface area contributed by atoms with E-state index in [1.165, 1.54) is 14.2 Å². The summed E-state index contributed by atoms with van der Waals surface area (Å²) in [7, 11) is 2.85. The van der Waals surface area contributed by atoms with E-state index in [9.17, 15) is 10.1 Å². The van der Waals surface area contributed by atoms with Crippen molar-refractivity contribution in [2.45, 2.75) is 44.8 Å². The summed E-state index contributed by atoms with van der Waals surface area (Å²) in [5.74, 6) is 0.235. The molecule has 1 unspecified atom stereocenters. The smallest absolute Gasteiger partial charge is 0.338 e. The molecule has 128 valence electrons. The summed E-state index contributed by atoms with van der Waals surface area (Å²) >= 11 is 0. The Morgan fingerprint density at radius 3 is 2.71 bits per heavy atom. The number of ether oxygens (including phenoxy) is 2. The second-order valence-electron chi connectivity index (χ2n) is 5.99. The van der Waals surface area contributed by atoms with Crippen molar-refractivity contribution in [2.24, 2.45) is 0 Å². The first-order chi connectivity index (χ1) is 11.5. The molecule has 0 saturated heterocycles. The Kier molecular flexibility index (Phi) is 5.52. The number of rotatable bonds is 5. The van der Waals surface area contributed by atoms with Crippen molar-refractivity contribution in [1.82, 2.24) is 9.97 Å². The Labute approximate surface area is 141 Å². The lowest BCUT2D eigenvalue weighted by atomic mass is 9.84. The maximum absolute atomic E-state index is 12.0. The minimum atomic E-state index is -0.966. The van der Waals surface area contributed by atoms with Crippen molar-refractivity contribution >= 4 is 17.4 Å². The van der Waals surface area contributed by atoms with E-state index in [-0.39, 0.29) is 17.7 Å². The average Bonchev–Trinajstić information content (AvgIpc) is 2.60. The Morgan fingerprint density at radius 2 is 2.21 bits per heavy atom. The number of allylic oxidation sites excluding steroid dienone is 1. The van der Waals surface area contributed by atoms with E-state index < -0.39 is 5.60 Å². The number of carbonyl (C=O) groups excluding carboxylic acids is 1. The Balaban J connectivity index is 2.34. The van der Waals surface area contributed by atoms with Gasteiger partial charge in [0.1, 0.15) is 17.6 Å². The van der Waals surface area contributed by atoms with Crippen molar-refractivity contribution in [2.75, 3.05) is 19.5 Å². The van der Waals surface area contributed by atoms with Gasteiger partial charge in [-0.1, -0.05) is 6.08 Å². The number of nitrogens with one attached hydrogen (secondary N) is 1. The summed E-state index contributed by atoms with van der Waals surface area (Å²) in [6, 6.07) is 2.29. The molecule has 1 aliphatic rings. The molecule has 0 fully saturated rings. The van der Waals surface area contributed by atoms with E-state index in [1.54, 1.807) is 6.20 Å². The quantitative estimate of drug-likeness (QED) is 0.827. The Bertz CT molecular complexity index is 694. The van der Waals surface area contributed by atoms with Crippen LogP contribution in [0.3, 0.4) is 0 Å². The lowest BCUT2D eigenvalue weighted by Gasteiger charge is -2.32. The van der Waals surface area contributed by atoms with Crippen LogP contribution in [0.1, 0.15) is 44.5 Å². The fourth-order valence-electron chi connectivity index (χ4n) is 2.74. The summed E-state index contributed by atoms with van der Waals surface area (Å²) in [4.78, 5) is 20.7. The van der Waals surface area contributed by atoms with Gasteiger partial charge < -0.3 is 14.8 Å². The van der Waals surface area contributed by atoms with Crippen LogP contribution >= 0.6 is 0 Å². The summed E-state index contributed by atoms with van der Waals surface area (Å²) in [6.07, 6.45) is 4.83. The largest absolute Gasteiger partial charge is 0.467 e.